The fraction of sp³-hybridized carbons (Fsp3) is 0.250. The highest BCUT2D eigenvalue weighted by Gasteiger charge is 2.17. The lowest BCUT2D eigenvalue weighted by atomic mass is 10.2. The van der Waals surface area contributed by atoms with E-state index in [2.05, 4.69) is 6.58 Å². The van der Waals surface area contributed by atoms with Gasteiger partial charge in [-0.3, -0.25) is 4.79 Å². The molecule has 0 spiro atoms. The number of carbonyl (C=O) groups is 1. The summed E-state index contributed by atoms with van der Waals surface area (Å²) in [5.74, 6) is -0.375. The molecule has 1 aromatic carbocycles. The van der Waals surface area contributed by atoms with Crippen molar-refractivity contribution in [1.29, 1.82) is 0 Å². The highest BCUT2D eigenvalue weighted by molar-refractivity contribution is 6.33. The molecule has 5 heteroatoms. The number of hydrogen-bond donors (Lipinski definition) is 2. The van der Waals surface area contributed by atoms with E-state index in [1.54, 1.807) is 6.08 Å². The number of hydrogen-bond acceptors (Lipinski definition) is 3. The number of carbonyl (C=O) groups excluding carboxylic acids is 1. The monoisotopic (exact) mass is 255 g/mol. The van der Waals surface area contributed by atoms with Crippen LogP contribution in [0.4, 0.5) is 0 Å². The Kier molecular flexibility index (Phi) is 5.00. The van der Waals surface area contributed by atoms with E-state index in [1.807, 2.05) is 0 Å². The zero-order valence-corrected chi connectivity index (χ0v) is 10.0. The van der Waals surface area contributed by atoms with Gasteiger partial charge in [-0.05, 0) is 18.2 Å². The molecule has 92 valence electrons. The molecule has 0 fully saturated rings. The van der Waals surface area contributed by atoms with Crippen LogP contribution in [0.15, 0.2) is 30.9 Å². The van der Waals surface area contributed by atoms with Gasteiger partial charge in [0.05, 0.1) is 17.2 Å². The van der Waals surface area contributed by atoms with Crippen molar-refractivity contribution in [3.63, 3.8) is 0 Å². The molecule has 4 nitrogen and oxygen atoms in total. The summed E-state index contributed by atoms with van der Waals surface area (Å²) in [6, 6.07) is 4.16. The minimum atomic E-state index is -0.347. The van der Waals surface area contributed by atoms with Gasteiger partial charge in [0.1, 0.15) is 5.75 Å². The van der Waals surface area contributed by atoms with Gasteiger partial charge in [-0.2, -0.15) is 0 Å². The first-order chi connectivity index (χ1) is 8.10. The van der Waals surface area contributed by atoms with Crippen molar-refractivity contribution in [1.82, 2.24) is 4.90 Å². The van der Waals surface area contributed by atoms with E-state index < -0.39 is 0 Å². The molecule has 0 aliphatic heterocycles. The standard InChI is InChI=1S/C12H14ClNO3/c1-2-5-14(6-7-15)12(17)10-8-9(16)3-4-11(10)13/h2-4,8,15-16H,1,5-7H2. The van der Waals surface area contributed by atoms with Gasteiger partial charge in [0.15, 0.2) is 0 Å². The van der Waals surface area contributed by atoms with Crippen LogP contribution in [0.25, 0.3) is 0 Å². The molecule has 0 saturated carbocycles. The first-order valence-corrected chi connectivity index (χ1v) is 5.47. The van der Waals surface area contributed by atoms with Crippen molar-refractivity contribution in [2.45, 2.75) is 0 Å². The summed E-state index contributed by atoms with van der Waals surface area (Å²) in [5.41, 5.74) is 0.210. The number of aliphatic hydroxyl groups excluding tert-OH is 1. The van der Waals surface area contributed by atoms with Gasteiger partial charge in [-0.25, -0.2) is 0 Å². The molecule has 0 unspecified atom stereocenters. The van der Waals surface area contributed by atoms with Crippen molar-refractivity contribution < 1.29 is 15.0 Å². The number of rotatable bonds is 5. The van der Waals surface area contributed by atoms with Gasteiger partial charge in [0.25, 0.3) is 5.91 Å². The summed E-state index contributed by atoms with van der Waals surface area (Å²) in [7, 11) is 0. The smallest absolute Gasteiger partial charge is 0.255 e. The molecule has 1 rings (SSSR count). The topological polar surface area (TPSA) is 60.8 Å². The van der Waals surface area contributed by atoms with Gasteiger partial charge in [0, 0.05) is 13.1 Å². The van der Waals surface area contributed by atoms with Gasteiger partial charge >= 0.3 is 0 Å². The minimum Gasteiger partial charge on any atom is -0.508 e. The Balaban J connectivity index is 2.99. The number of benzene rings is 1. The lowest BCUT2D eigenvalue weighted by Gasteiger charge is -2.20. The molecule has 0 aromatic heterocycles. The van der Waals surface area contributed by atoms with Crippen LogP contribution < -0.4 is 0 Å². The Morgan fingerprint density at radius 2 is 2.24 bits per heavy atom. The second-order valence-corrected chi connectivity index (χ2v) is 3.83. The molecule has 0 aliphatic rings. The van der Waals surface area contributed by atoms with Crippen molar-refractivity contribution in [2.24, 2.45) is 0 Å². The third-order valence-electron chi connectivity index (χ3n) is 2.19. The number of aliphatic hydroxyl groups is 1. The highest BCUT2D eigenvalue weighted by Crippen LogP contribution is 2.22. The molecule has 0 bridgehead atoms. The van der Waals surface area contributed by atoms with Gasteiger partial charge < -0.3 is 15.1 Å². The predicted molar refractivity (Wildman–Crippen MR) is 66.3 cm³/mol. The average molecular weight is 256 g/mol. The number of amides is 1. The number of halogens is 1. The van der Waals surface area contributed by atoms with E-state index in [4.69, 9.17) is 16.7 Å². The van der Waals surface area contributed by atoms with Crippen LogP contribution in [0, 0.1) is 0 Å². The van der Waals surface area contributed by atoms with Crippen LogP contribution in [0.5, 0.6) is 5.75 Å². The largest absolute Gasteiger partial charge is 0.508 e. The molecule has 0 aliphatic carbocycles. The summed E-state index contributed by atoms with van der Waals surface area (Å²) >= 11 is 5.89. The predicted octanol–water partition coefficient (Wildman–Crippen LogP) is 1.67. The summed E-state index contributed by atoms with van der Waals surface area (Å²) in [5, 5.41) is 18.5. The molecule has 0 saturated heterocycles. The van der Waals surface area contributed by atoms with Crippen molar-refractivity contribution in [3.8, 4) is 5.75 Å². The number of nitrogens with zero attached hydrogens (tertiary/aromatic N) is 1. The summed E-state index contributed by atoms with van der Waals surface area (Å²) in [4.78, 5) is 13.5. The Morgan fingerprint density at radius 1 is 1.53 bits per heavy atom. The van der Waals surface area contributed by atoms with Crippen LogP contribution in [-0.4, -0.2) is 40.7 Å². The van der Waals surface area contributed by atoms with Crippen molar-refractivity contribution >= 4 is 17.5 Å². The maximum absolute atomic E-state index is 12.1. The quantitative estimate of drug-likeness (QED) is 0.787. The third kappa shape index (κ3) is 3.47. The van der Waals surface area contributed by atoms with Crippen LogP contribution in [-0.2, 0) is 0 Å². The number of aromatic hydroxyl groups is 1. The summed E-state index contributed by atoms with van der Waals surface area (Å²) < 4.78 is 0. The van der Waals surface area contributed by atoms with Crippen molar-refractivity contribution in [2.75, 3.05) is 19.7 Å². The second-order valence-electron chi connectivity index (χ2n) is 3.43. The van der Waals surface area contributed by atoms with Crippen LogP contribution in [0.2, 0.25) is 5.02 Å². The van der Waals surface area contributed by atoms with Crippen molar-refractivity contribution in [3.05, 3.63) is 41.4 Å². The Bertz CT molecular complexity index is 420. The average Bonchev–Trinajstić information content (AvgIpc) is 2.31. The summed E-state index contributed by atoms with van der Waals surface area (Å²) in [6.07, 6.45) is 1.56. The van der Waals surface area contributed by atoms with E-state index in [9.17, 15) is 9.90 Å². The van der Waals surface area contributed by atoms with Gasteiger partial charge in [0.2, 0.25) is 0 Å². The summed E-state index contributed by atoms with van der Waals surface area (Å²) in [6.45, 7) is 3.90. The fourth-order valence-corrected chi connectivity index (χ4v) is 1.60. The normalized spacial score (nSPS) is 10.0. The molecule has 2 N–H and O–H groups in total. The first-order valence-electron chi connectivity index (χ1n) is 5.09. The highest BCUT2D eigenvalue weighted by atomic mass is 35.5. The third-order valence-corrected chi connectivity index (χ3v) is 2.52. The fourth-order valence-electron chi connectivity index (χ4n) is 1.40. The number of phenols is 1. The Labute approximate surface area is 105 Å². The molecular weight excluding hydrogens is 242 g/mol. The first kappa shape index (κ1) is 13.5. The van der Waals surface area contributed by atoms with Crippen LogP contribution >= 0.6 is 11.6 Å². The molecule has 0 radical (unpaired) electrons. The van der Waals surface area contributed by atoms with E-state index in [0.717, 1.165) is 0 Å². The second kappa shape index (κ2) is 6.27. The van der Waals surface area contributed by atoms with E-state index in [0.29, 0.717) is 6.54 Å². The Hall–Kier alpha value is -1.52. The lowest BCUT2D eigenvalue weighted by molar-refractivity contribution is 0.0742. The van der Waals surface area contributed by atoms with Gasteiger partial charge in [-0.15, -0.1) is 6.58 Å². The van der Waals surface area contributed by atoms with Crippen LogP contribution in [0.1, 0.15) is 10.4 Å². The Morgan fingerprint density at radius 3 is 2.82 bits per heavy atom. The molecule has 1 aromatic rings. The molecule has 0 heterocycles. The zero-order chi connectivity index (χ0) is 12.8. The maximum Gasteiger partial charge on any atom is 0.255 e. The van der Waals surface area contributed by atoms with E-state index >= 15 is 0 Å². The molecule has 1 amide bonds. The van der Waals surface area contributed by atoms with Crippen LogP contribution in [0.3, 0.4) is 0 Å². The molecular formula is C12H14ClNO3. The minimum absolute atomic E-state index is 0.0275. The van der Waals surface area contributed by atoms with E-state index in [-0.39, 0.29) is 35.4 Å². The van der Waals surface area contributed by atoms with Gasteiger partial charge in [-0.1, -0.05) is 17.7 Å². The maximum atomic E-state index is 12.1. The molecule has 0 atom stereocenters. The number of phenolic OH excluding ortho intramolecular Hbond substituents is 1. The molecule has 17 heavy (non-hydrogen) atoms. The zero-order valence-electron chi connectivity index (χ0n) is 9.27. The van der Waals surface area contributed by atoms with E-state index in [1.165, 1.54) is 23.1 Å². The lowest BCUT2D eigenvalue weighted by Crippen LogP contribution is -2.33. The SMILES string of the molecule is C=CCN(CCO)C(=O)c1cc(O)ccc1Cl.